The second kappa shape index (κ2) is 6.30. The van der Waals surface area contributed by atoms with Crippen LogP contribution in [0, 0.1) is 10.8 Å². The molecule has 122 valence electrons. The van der Waals surface area contributed by atoms with Crippen LogP contribution in [-0.4, -0.2) is 43.5 Å². The lowest BCUT2D eigenvalue weighted by molar-refractivity contribution is -0.168. The lowest BCUT2D eigenvalue weighted by Gasteiger charge is -2.25. The largest absolute Gasteiger partial charge is 0.462 e. The molecule has 0 bridgehead atoms. The summed E-state index contributed by atoms with van der Waals surface area (Å²) in [5.41, 5.74) is -1.37. The first-order valence-corrected chi connectivity index (χ1v) is 7.07. The Bertz CT molecular complexity index is 394. The normalized spacial score (nSPS) is 26.5. The summed E-state index contributed by atoms with van der Waals surface area (Å²) in [7, 11) is 0. The van der Waals surface area contributed by atoms with Gasteiger partial charge >= 0.3 is 11.9 Å². The van der Waals surface area contributed by atoms with E-state index in [9.17, 15) is 14.0 Å². The number of alkyl halides is 1. The molecule has 0 saturated carbocycles. The van der Waals surface area contributed by atoms with Gasteiger partial charge in [-0.2, -0.15) is 0 Å². The molecule has 0 aliphatic carbocycles. The van der Waals surface area contributed by atoms with Crippen molar-refractivity contribution in [2.45, 2.75) is 59.9 Å². The third kappa shape index (κ3) is 4.95. The number of carbonyl (C=O) groups excluding carboxylic acids is 2. The van der Waals surface area contributed by atoms with Crippen molar-refractivity contribution in [2.24, 2.45) is 10.8 Å². The lowest BCUT2D eigenvalue weighted by atomic mass is 9.97. The Balaban J connectivity index is 2.61. The second-order valence-electron chi connectivity index (χ2n) is 7.36. The minimum absolute atomic E-state index is 0.126. The van der Waals surface area contributed by atoms with Crippen LogP contribution in [-0.2, 0) is 23.8 Å². The van der Waals surface area contributed by atoms with Gasteiger partial charge in [-0.1, -0.05) is 0 Å². The molecule has 1 saturated heterocycles. The van der Waals surface area contributed by atoms with Crippen molar-refractivity contribution < 1.29 is 28.2 Å². The number of esters is 2. The van der Waals surface area contributed by atoms with Crippen LogP contribution in [0.2, 0.25) is 0 Å². The van der Waals surface area contributed by atoms with Crippen molar-refractivity contribution in [1.29, 1.82) is 0 Å². The van der Waals surface area contributed by atoms with Crippen LogP contribution in [0.25, 0.3) is 0 Å². The summed E-state index contributed by atoms with van der Waals surface area (Å²) in [6.07, 6.45) is -3.21. The van der Waals surface area contributed by atoms with Gasteiger partial charge < -0.3 is 14.2 Å². The highest BCUT2D eigenvalue weighted by Gasteiger charge is 2.43. The zero-order valence-electron chi connectivity index (χ0n) is 13.6. The molecule has 0 radical (unpaired) electrons. The van der Waals surface area contributed by atoms with Crippen LogP contribution in [0.3, 0.4) is 0 Å². The van der Waals surface area contributed by atoms with Crippen molar-refractivity contribution in [3.8, 4) is 0 Å². The maximum Gasteiger partial charge on any atom is 0.311 e. The second-order valence-corrected chi connectivity index (χ2v) is 7.36. The highest BCUT2D eigenvalue weighted by Crippen LogP contribution is 2.26. The molecule has 0 amide bonds. The van der Waals surface area contributed by atoms with E-state index in [1.807, 2.05) is 0 Å². The van der Waals surface area contributed by atoms with Crippen molar-refractivity contribution in [2.75, 3.05) is 13.2 Å². The molecule has 6 heteroatoms. The Labute approximate surface area is 125 Å². The molecule has 0 aromatic heterocycles. The standard InChI is InChI=1S/C15H25FO5/c1-14(2,3)12(17)20-8-10-11(9(16)7-19-10)21-13(18)15(4,5)6/h9-11H,7-8H2,1-6H3/t9-,10-,11+/m1/s1. The van der Waals surface area contributed by atoms with Crippen LogP contribution in [0.1, 0.15) is 41.5 Å². The average Bonchev–Trinajstić information content (AvgIpc) is 2.65. The van der Waals surface area contributed by atoms with Gasteiger partial charge in [0, 0.05) is 0 Å². The molecular formula is C15H25FO5. The summed E-state index contributed by atoms with van der Waals surface area (Å²) < 4.78 is 29.3. The third-order valence-electron chi connectivity index (χ3n) is 3.04. The highest BCUT2D eigenvalue weighted by molar-refractivity contribution is 5.76. The summed E-state index contributed by atoms with van der Waals surface area (Å²) in [6.45, 7) is 9.94. The van der Waals surface area contributed by atoms with Crippen LogP contribution in [0.15, 0.2) is 0 Å². The van der Waals surface area contributed by atoms with Crippen molar-refractivity contribution in [3.05, 3.63) is 0 Å². The Hall–Kier alpha value is -1.17. The van der Waals surface area contributed by atoms with E-state index in [1.54, 1.807) is 41.5 Å². The molecule has 1 heterocycles. The molecule has 5 nitrogen and oxygen atoms in total. The number of ether oxygens (including phenoxy) is 3. The molecule has 1 aliphatic rings. The quantitative estimate of drug-likeness (QED) is 0.749. The van der Waals surface area contributed by atoms with E-state index < -0.39 is 41.1 Å². The van der Waals surface area contributed by atoms with E-state index in [0.29, 0.717) is 0 Å². The molecule has 0 spiro atoms. The molecule has 0 aromatic rings. The van der Waals surface area contributed by atoms with Crippen molar-refractivity contribution in [1.82, 2.24) is 0 Å². The van der Waals surface area contributed by atoms with E-state index in [1.165, 1.54) is 0 Å². The Morgan fingerprint density at radius 1 is 1.10 bits per heavy atom. The summed E-state index contributed by atoms with van der Waals surface area (Å²) in [4.78, 5) is 23.6. The van der Waals surface area contributed by atoms with Gasteiger partial charge in [-0.3, -0.25) is 9.59 Å². The van der Waals surface area contributed by atoms with Gasteiger partial charge in [-0.15, -0.1) is 0 Å². The first-order chi connectivity index (χ1) is 9.43. The molecule has 21 heavy (non-hydrogen) atoms. The predicted molar refractivity (Wildman–Crippen MR) is 74.4 cm³/mol. The van der Waals surface area contributed by atoms with E-state index in [2.05, 4.69) is 0 Å². The number of hydrogen-bond acceptors (Lipinski definition) is 5. The van der Waals surface area contributed by atoms with Gasteiger partial charge in [0.25, 0.3) is 0 Å². The molecule has 0 unspecified atom stereocenters. The zero-order valence-corrected chi connectivity index (χ0v) is 13.6. The zero-order chi connectivity index (χ0) is 16.4. The van der Waals surface area contributed by atoms with Crippen molar-refractivity contribution in [3.63, 3.8) is 0 Å². The minimum atomic E-state index is -1.41. The molecule has 3 atom stereocenters. The van der Waals surface area contributed by atoms with Gasteiger partial charge in [0.15, 0.2) is 12.3 Å². The van der Waals surface area contributed by atoms with Crippen LogP contribution >= 0.6 is 0 Å². The molecule has 1 aliphatic heterocycles. The summed E-state index contributed by atoms with van der Waals surface area (Å²) in [6, 6.07) is 0. The van der Waals surface area contributed by atoms with E-state index in [4.69, 9.17) is 14.2 Å². The maximum atomic E-state index is 13.8. The smallest absolute Gasteiger partial charge is 0.311 e. The first-order valence-electron chi connectivity index (χ1n) is 7.07. The Kier molecular flexibility index (Phi) is 5.36. The summed E-state index contributed by atoms with van der Waals surface area (Å²) in [5, 5.41) is 0. The molecule has 0 N–H and O–H groups in total. The predicted octanol–water partition coefficient (Wildman–Crippen LogP) is 2.27. The van der Waals surface area contributed by atoms with Crippen LogP contribution in [0.5, 0.6) is 0 Å². The number of hydrogen-bond donors (Lipinski definition) is 0. The van der Waals surface area contributed by atoms with E-state index in [0.717, 1.165) is 0 Å². The SMILES string of the molecule is CC(C)(C)C(=O)OC[C@H]1OC[C@@H](F)[C@@H]1OC(=O)C(C)(C)C. The molecule has 1 fully saturated rings. The number of carbonyl (C=O) groups is 2. The topological polar surface area (TPSA) is 61.8 Å². The van der Waals surface area contributed by atoms with Gasteiger partial charge in [0.2, 0.25) is 0 Å². The van der Waals surface area contributed by atoms with Gasteiger partial charge in [0.05, 0.1) is 17.4 Å². The van der Waals surface area contributed by atoms with Gasteiger partial charge in [0.1, 0.15) is 12.7 Å². The summed E-state index contributed by atoms with van der Waals surface area (Å²) >= 11 is 0. The maximum absolute atomic E-state index is 13.8. The van der Waals surface area contributed by atoms with Crippen LogP contribution in [0.4, 0.5) is 4.39 Å². The highest BCUT2D eigenvalue weighted by atomic mass is 19.1. The fraction of sp³-hybridized carbons (Fsp3) is 0.867. The third-order valence-corrected chi connectivity index (χ3v) is 3.04. The molecule has 1 rings (SSSR count). The first kappa shape index (κ1) is 17.9. The number of halogens is 1. The van der Waals surface area contributed by atoms with Crippen molar-refractivity contribution >= 4 is 11.9 Å². The monoisotopic (exact) mass is 304 g/mol. The number of rotatable bonds is 3. The fourth-order valence-electron chi connectivity index (χ4n) is 1.61. The van der Waals surface area contributed by atoms with Crippen LogP contribution < -0.4 is 0 Å². The van der Waals surface area contributed by atoms with Gasteiger partial charge in [-0.05, 0) is 41.5 Å². The van der Waals surface area contributed by atoms with E-state index in [-0.39, 0.29) is 13.2 Å². The lowest BCUT2D eigenvalue weighted by Crippen LogP contribution is -2.40. The van der Waals surface area contributed by atoms with Gasteiger partial charge in [-0.25, -0.2) is 4.39 Å². The van der Waals surface area contributed by atoms with E-state index >= 15 is 0 Å². The minimum Gasteiger partial charge on any atom is -0.462 e. The molecular weight excluding hydrogens is 279 g/mol. The fourth-order valence-corrected chi connectivity index (χ4v) is 1.61. The Morgan fingerprint density at radius 2 is 1.62 bits per heavy atom. The molecule has 0 aromatic carbocycles. The summed E-state index contributed by atoms with van der Waals surface area (Å²) in [5.74, 6) is -0.915. The average molecular weight is 304 g/mol. The Morgan fingerprint density at radius 3 is 2.10 bits per heavy atom.